The molecule has 4 nitrogen and oxygen atoms in total. The molecule has 4 heteroatoms. The van der Waals surface area contributed by atoms with E-state index >= 15 is 0 Å². The Kier molecular flexibility index (Phi) is 4.60. The van der Waals surface area contributed by atoms with E-state index in [0.29, 0.717) is 18.1 Å². The number of hydrogen-bond donors (Lipinski definition) is 0. The fraction of sp³-hybridized carbons (Fsp3) is 0.524. The third-order valence-electron chi connectivity index (χ3n) is 5.81. The number of methoxy groups -OCH3 is 1. The smallest absolute Gasteiger partial charge is 0.168 e. The van der Waals surface area contributed by atoms with Gasteiger partial charge in [-0.1, -0.05) is 12.1 Å². The second-order valence-corrected chi connectivity index (χ2v) is 7.29. The standard InChI is InChI=1S/C21H26N2O2/c1-25-17-8-6-15(7-9-17)16-10-12-23(13-11-16)21-14-20(24)18-4-2-3-5-19(18)22-21/h6-9,16H,2-5,10-14H2,1H3. The summed E-state index contributed by atoms with van der Waals surface area (Å²) in [6.45, 7) is 1.98. The maximum Gasteiger partial charge on any atom is 0.168 e. The van der Waals surface area contributed by atoms with Crippen LogP contribution < -0.4 is 4.74 Å². The van der Waals surface area contributed by atoms with Crippen molar-refractivity contribution in [2.75, 3.05) is 20.2 Å². The molecular formula is C21H26N2O2. The fourth-order valence-corrected chi connectivity index (χ4v) is 4.29. The number of carbonyl (C=O) groups is 1. The molecule has 0 unspecified atom stereocenters. The van der Waals surface area contributed by atoms with Crippen LogP contribution in [0.3, 0.4) is 0 Å². The Labute approximate surface area is 149 Å². The van der Waals surface area contributed by atoms with Gasteiger partial charge in [-0.2, -0.15) is 0 Å². The van der Waals surface area contributed by atoms with Gasteiger partial charge in [0.05, 0.1) is 13.5 Å². The highest BCUT2D eigenvalue weighted by Crippen LogP contribution is 2.33. The van der Waals surface area contributed by atoms with Crippen LogP contribution in [0.4, 0.5) is 0 Å². The molecule has 132 valence electrons. The van der Waals surface area contributed by atoms with Crippen LogP contribution in [0.1, 0.15) is 56.4 Å². The Bertz CT molecular complexity index is 710. The first-order chi connectivity index (χ1) is 12.2. The predicted octanol–water partition coefficient (Wildman–Crippen LogP) is 4.07. The van der Waals surface area contributed by atoms with Crippen LogP contribution in [-0.2, 0) is 4.79 Å². The highest BCUT2D eigenvalue weighted by Gasteiger charge is 2.29. The van der Waals surface area contributed by atoms with Crippen molar-refractivity contribution < 1.29 is 9.53 Å². The SMILES string of the molecule is COc1ccc(C2CCN(C3=NC4=C(CCCC4)C(=O)C3)CC2)cc1. The van der Waals surface area contributed by atoms with Crippen LogP contribution in [-0.4, -0.2) is 36.7 Å². The van der Waals surface area contributed by atoms with Crippen LogP contribution >= 0.6 is 0 Å². The van der Waals surface area contributed by atoms with E-state index in [2.05, 4.69) is 17.0 Å². The van der Waals surface area contributed by atoms with Crippen LogP contribution in [0.15, 0.2) is 40.5 Å². The second-order valence-electron chi connectivity index (χ2n) is 7.29. The molecular weight excluding hydrogens is 312 g/mol. The normalized spacial score (nSPS) is 21.9. The number of piperidine rings is 1. The van der Waals surface area contributed by atoms with Crippen LogP contribution in [0, 0.1) is 0 Å². The predicted molar refractivity (Wildman–Crippen MR) is 99.1 cm³/mol. The van der Waals surface area contributed by atoms with Crippen molar-refractivity contribution in [1.29, 1.82) is 0 Å². The topological polar surface area (TPSA) is 41.9 Å². The summed E-state index contributed by atoms with van der Waals surface area (Å²) in [5.74, 6) is 2.83. The molecule has 25 heavy (non-hydrogen) atoms. The number of amidine groups is 1. The minimum Gasteiger partial charge on any atom is -0.497 e. The summed E-state index contributed by atoms with van der Waals surface area (Å²) in [5.41, 5.74) is 3.48. The molecule has 0 spiro atoms. The van der Waals surface area contributed by atoms with Gasteiger partial charge in [-0.15, -0.1) is 0 Å². The molecule has 0 bridgehead atoms. The molecule has 0 radical (unpaired) electrons. The summed E-state index contributed by atoms with van der Waals surface area (Å²) < 4.78 is 5.25. The van der Waals surface area contributed by atoms with Crippen molar-refractivity contribution in [3.05, 3.63) is 41.1 Å². The first-order valence-electron chi connectivity index (χ1n) is 9.46. The molecule has 1 aromatic carbocycles. The van der Waals surface area contributed by atoms with Crippen LogP contribution in [0.25, 0.3) is 0 Å². The maximum absolute atomic E-state index is 12.5. The minimum atomic E-state index is 0.317. The molecule has 4 rings (SSSR count). The van der Waals surface area contributed by atoms with Crippen molar-refractivity contribution in [3.63, 3.8) is 0 Å². The van der Waals surface area contributed by atoms with Crippen LogP contribution in [0.2, 0.25) is 0 Å². The lowest BCUT2D eigenvalue weighted by atomic mass is 9.88. The summed E-state index contributed by atoms with van der Waals surface area (Å²) in [7, 11) is 1.70. The van der Waals surface area contributed by atoms with Gasteiger partial charge in [-0.3, -0.25) is 4.79 Å². The molecule has 0 atom stereocenters. The van der Waals surface area contributed by atoms with Gasteiger partial charge >= 0.3 is 0 Å². The molecule has 0 saturated carbocycles. The van der Waals surface area contributed by atoms with Crippen molar-refractivity contribution >= 4 is 11.6 Å². The quantitative estimate of drug-likeness (QED) is 0.816. The van der Waals surface area contributed by atoms with Gasteiger partial charge in [0.1, 0.15) is 11.6 Å². The molecule has 0 aromatic heterocycles. The number of carbonyl (C=O) groups excluding carboxylic acids is 1. The zero-order chi connectivity index (χ0) is 17.2. The van der Waals surface area contributed by atoms with Gasteiger partial charge in [-0.05, 0) is 62.1 Å². The average Bonchev–Trinajstić information content (AvgIpc) is 2.68. The van der Waals surface area contributed by atoms with E-state index < -0.39 is 0 Å². The number of ether oxygens (including phenoxy) is 1. The number of allylic oxidation sites excluding steroid dienone is 2. The molecule has 1 saturated heterocycles. The molecule has 1 fully saturated rings. The molecule has 0 N–H and O–H groups in total. The number of benzene rings is 1. The highest BCUT2D eigenvalue weighted by molar-refractivity contribution is 6.11. The van der Waals surface area contributed by atoms with Gasteiger partial charge < -0.3 is 9.64 Å². The maximum atomic E-state index is 12.5. The lowest BCUT2D eigenvalue weighted by molar-refractivity contribution is -0.115. The number of ketones is 1. The zero-order valence-corrected chi connectivity index (χ0v) is 15.0. The van der Waals surface area contributed by atoms with E-state index in [1.165, 1.54) is 12.0 Å². The summed E-state index contributed by atoms with van der Waals surface area (Å²) in [6, 6.07) is 8.45. The number of Topliss-reactive ketones (excluding diaryl/α,β-unsaturated/α-hetero) is 1. The van der Waals surface area contributed by atoms with Gasteiger partial charge in [0.25, 0.3) is 0 Å². The average molecular weight is 338 g/mol. The monoisotopic (exact) mass is 338 g/mol. The number of likely N-dealkylation sites (tertiary alicyclic amines) is 1. The number of hydrogen-bond acceptors (Lipinski definition) is 4. The highest BCUT2D eigenvalue weighted by atomic mass is 16.5. The number of aliphatic imine (C=N–C) groups is 1. The molecule has 1 aromatic rings. The Hall–Kier alpha value is -2.10. The van der Waals surface area contributed by atoms with Crippen molar-refractivity contribution in [2.45, 2.75) is 50.9 Å². The van der Waals surface area contributed by atoms with E-state index in [1.807, 2.05) is 12.1 Å². The Balaban J connectivity index is 1.42. The summed E-state index contributed by atoms with van der Waals surface area (Å²) in [5, 5.41) is 0. The third-order valence-corrected chi connectivity index (χ3v) is 5.81. The van der Waals surface area contributed by atoms with E-state index in [4.69, 9.17) is 9.73 Å². The van der Waals surface area contributed by atoms with E-state index in [0.717, 1.165) is 68.0 Å². The Morgan fingerprint density at radius 3 is 2.52 bits per heavy atom. The van der Waals surface area contributed by atoms with Crippen molar-refractivity contribution in [3.8, 4) is 5.75 Å². The van der Waals surface area contributed by atoms with Crippen molar-refractivity contribution in [2.24, 2.45) is 4.99 Å². The summed E-state index contributed by atoms with van der Waals surface area (Å²) in [6.07, 6.45) is 6.96. The van der Waals surface area contributed by atoms with Crippen LogP contribution in [0.5, 0.6) is 5.75 Å². The first kappa shape index (κ1) is 16.4. The molecule has 2 heterocycles. The molecule has 1 aliphatic carbocycles. The minimum absolute atomic E-state index is 0.317. The fourth-order valence-electron chi connectivity index (χ4n) is 4.29. The van der Waals surface area contributed by atoms with Gasteiger partial charge in [-0.25, -0.2) is 4.99 Å². The molecule has 3 aliphatic rings. The first-order valence-corrected chi connectivity index (χ1v) is 9.46. The zero-order valence-electron chi connectivity index (χ0n) is 15.0. The third kappa shape index (κ3) is 3.35. The van der Waals surface area contributed by atoms with Crippen molar-refractivity contribution in [1.82, 2.24) is 4.90 Å². The van der Waals surface area contributed by atoms with Gasteiger partial charge in [0, 0.05) is 24.4 Å². The second kappa shape index (κ2) is 7.03. The summed E-state index contributed by atoms with van der Waals surface area (Å²) >= 11 is 0. The van der Waals surface area contributed by atoms with Gasteiger partial charge in [0.2, 0.25) is 0 Å². The molecule has 2 aliphatic heterocycles. The van der Waals surface area contributed by atoms with E-state index in [-0.39, 0.29) is 0 Å². The number of rotatable bonds is 2. The largest absolute Gasteiger partial charge is 0.497 e. The van der Waals surface area contributed by atoms with E-state index in [9.17, 15) is 4.79 Å². The Morgan fingerprint density at radius 1 is 1.08 bits per heavy atom. The molecule has 0 amide bonds. The van der Waals surface area contributed by atoms with Gasteiger partial charge in [0.15, 0.2) is 5.78 Å². The lowest BCUT2D eigenvalue weighted by Gasteiger charge is -2.36. The Morgan fingerprint density at radius 2 is 1.80 bits per heavy atom. The lowest BCUT2D eigenvalue weighted by Crippen LogP contribution is -2.40. The van der Waals surface area contributed by atoms with E-state index in [1.54, 1.807) is 7.11 Å². The summed E-state index contributed by atoms with van der Waals surface area (Å²) in [4.78, 5) is 19.7. The number of nitrogens with zero attached hydrogens (tertiary/aromatic N) is 2.